The SMILES string of the molecule is CC(C)n1c(C2CCC2)nc2cc(N)ccc21. The minimum absolute atomic E-state index is 0.458. The number of rotatable bonds is 2. The third-order valence-electron chi connectivity index (χ3n) is 3.73. The second-order valence-electron chi connectivity index (χ2n) is 5.31. The van der Waals surface area contributed by atoms with E-state index in [1.54, 1.807) is 0 Å². The number of nitrogen functional groups attached to an aromatic ring is 1. The van der Waals surface area contributed by atoms with Gasteiger partial charge in [-0.05, 0) is 44.9 Å². The largest absolute Gasteiger partial charge is 0.399 e. The highest BCUT2D eigenvalue weighted by Crippen LogP contribution is 2.38. The normalized spacial score (nSPS) is 16.6. The summed E-state index contributed by atoms with van der Waals surface area (Å²) in [5, 5.41) is 0. The van der Waals surface area contributed by atoms with Crippen molar-refractivity contribution in [2.45, 2.75) is 45.1 Å². The average molecular weight is 229 g/mol. The highest BCUT2D eigenvalue weighted by Gasteiger charge is 2.26. The fourth-order valence-corrected chi connectivity index (χ4v) is 2.63. The van der Waals surface area contributed by atoms with E-state index in [1.807, 2.05) is 12.1 Å². The first-order valence-corrected chi connectivity index (χ1v) is 6.44. The monoisotopic (exact) mass is 229 g/mol. The van der Waals surface area contributed by atoms with Crippen LogP contribution in [0.4, 0.5) is 5.69 Å². The van der Waals surface area contributed by atoms with Crippen LogP contribution in [0.25, 0.3) is 11.0 Å². The summed E-state index contributed by atoms with van der Waals surface area (Å²) in [6.07, 6.45) is 3.91. The van der Waals surface area contributed by atoms with Crippen molar-refractivity contribution in [3.63, 3.8) is 0 Å². The summed E-state index contributed by atoms with van der Waals surface area (Å²) in [6.45, 7) is 4.44. The summed E-state index contributed by atoms with van der Waals surface area (Å²) in [4.78, 5) is 4.80. The Morgan fingerprint density at radius 1 is 1.35 bits per heavy atom. The number of fused-ring (bicyclic) bond motifs is 1. The Bertz CT molecular complexity index is 550. The van der Waals surface area contributed by atoms with E-state index < -0.39 is 0 Å². The molecule has 2 aromatic rings. The Labute approximate surface area is 102 Å². The average Bonchev–Trinajstić information content (AvgIpc) is 2.52. The van der Waals surface area contributed by atoms with Gasteiger partial charge in [-0.1, -0.05) is 6.42 Å². The first-order chi connectivity index (χ1) is 8.16. The van der Waals surface area contributed by atoms with E-state index in [-0.39, 0.29) is 0 Å². The van der Waals surface area contributed by atoms with E-state index in [9.17, 15) is 0 Å². The number of imidazole rings is 1. The molecule has 0 amide bonds. The van der Waals surface area contributed by atoms with E-state index in [0.29, 0.717) is 12.0 Å². The maximum Gasteiger partial charge on any atom is 0.113 e. The fraction of sp³-hybridized carbons (Fsp3) is 0.500. The van der Waals surface area contributed by atoms with Gasteiger partial charge in [0.2, 0.25) is 0 Å². The lowest BCUT2D eigenvalue weighted by molar-refractivity contribution is 0.381. The highest BCUT2D eigenvalue weighted by molar-refractivity contribution is 5.80. The molecule has 0 aliphatic heterocycles. The number of anilines is 1. The van der Waals surface area contributed by atoms with Crippen LogP contribution in [0.5, 0.6) is 0 Å². The third kappa shape index (κ3) is 1.61. The van der Waals surface area contributed by atoms with Crippen molar-refractivity contribution in [2.24, 2.45) is 0 Å². The molecule has 1 aliphatic rings. The zero-order valence-corrected chi connectivity index (χ0v) is 10.5. The number of aromatic nitrogens is 2. The highest BCUT2D eigenvalue weighted by atomic mass is 15.1. The molecule has 0 atom stereocenters. The molecule has 3 heteroatoms. The quantitative estimate of drug-likeness (QED) is 0.801. The predicted molar refractivity (Wildman–Crippen MR) is 71.1 cm³/mol. The standard InChI is InChI=1S/C14H19N3/c1-9(2)17-13-7-6-11(15)8-12(13)16-14(17)10-4-3-5-10/h6-10H,3-5,15H2,1-2H3. The summed E-state index contributed by atoms with van der Waals surface area (Å²) in [5.41, 5.74) is 8.89. The summed E-state index contributed by atoms with van der Waals surface area (Å²) in [5.74, 6) is 1.91. The van der Waals surface area contributed by atoms with Gasteiger partial charge in [0.1, 0.15) is 5.82 Å². The van der Waals surface area contributed by atoms with Crippen LogP contribution in [0.3, 0.4) is 0 Å². The van der Waals surface area contributed by atoms with Gasteiger partial charge in [-0.3, -0.25) is 0 Å². The second-order valence-corrected chi connectivity index (χ2v) is 5.31. The van der Waals surface area contributed by atoms with Crippen molar-refractivity contribution in [2.75, 3.05) is 5.73 Å². The van der Waals surface area contributed by atoms with Crippen LogP contribution >= 0.6 is 0 Å². The second kappa shape index (κ2) is 3.76. The number of benzene rings is 1. The van der Waals surface area contributed by atoms with Gasteiger partial charge >= 0.3 is 0 Å². The van der Waals surface area contributed by atoms with Crippen LogP contribution in [0, 0.1) is 0 Å². The molecule has 1 aromatic heterocycles. The molecular formula is C14H19N3. The molecule has 1 heterocycles. The van der Waals surface area contributed by atoms with Crippen LogP contribution in [0.15, 0.2) is 18.2 Å². The molecular weight excluding hydrogens is 210 g/mol. The Kier molecular flexibility index (Phi) is 2.35. The number of hydrogen-bond donors (Lipinski definition) is 1. The third-order valence-corrected chi connectivity index (χ3v) is 3.73. The predicted octanol–water partition coefficient (Wildman–Crippen LogP) is 3.47. The van der Waals surface area contributed by atoms with Crippen molar-refractivity contribution >= 4 is 16.7 Å². The maximum absolute atomic E-state index is 5.83. The molecule has 1 fully saturated rings. The molecule has 3 nitrogen and oxygen atoms in total. The van der Waals surface area contributed by atoms with Gasteiger partial charge in [0.05, 0.1) is 11.0 Å². The van der Waals surface area contributed by atoms with Crippen molar-refractivity contribution in [3.05, 3.63) is 24.0 Å². The van der Waals surface area contributed by atoms with Crippen molar-refractivity contribution in [1.29, 1.82) is 0 Å². The molecule has 1 saturated carbocycles. The lowest BCUT2D eigenvalue weighted by Crippen LogP contribution is -2.16. The minimum Gasteiger partial charge on any atom is -0.399 e. The van der Waals surface area contributed by atoms with E-state index in [4.69, 9.17) is 10.7 Å². The van der Waals surface area contributed by atoms with E-state index in [0.717, 1.165) is 11.2 Å². The van der Waals surface area contributed by atoms with Crippen molar-refractivity contribution in [1.82, 2.24) is 9.55 Å². The lowest BCUT2D eigenvalue weighted by Gasteiger charge is -2.27. The molecule has 90 valence electrons. The van der Waals surface area contributed by atoms with Gasteiger partial charge in [0.15, 0.2) is 0 Å². The first-order valence-electron chi connectivity index (χ1n) is 6.44. The molecule has 1 aliphatic carbocycles. The molecule has 3 rings (SSSR count). The van der Waals surface area contributed by atoms with Crippen LogP contribution in [0.1, 0.15) is 50.9 Å². The Hall–Kier alpha value is -1.51. The van der Waals surface area contributed by atoms with Crippen molar-refractivity contribution < 1.29 is 0 Å². The topological polar surface area (TPSA) is 43.8 Å². The number of nitrogens with zero attached hydrogens (tertiary/aromatic N) is 2. The summed E-state index contributed by atoms with van der Waals surface area (Å²) in [6, 6.07) is 6.50. The van der Waals surface area contributed by atoms with Gasteiger partial charge in [-0.2, -0.15) is 0 Å². The van der Waals surface area contributed by atoms with Crippen LogP contribution in [-0.4, -0.2) is 9.55 Å². The van der Waals surface area contributed by atoms with Gasteiger partial charge in [0.25, 0.3) is 0 Å². The summed E-state index contributed by atoms with van der Waals surface area (Å²) in [7, 11) is 0. The van der Waals surface area contributed by atoms with Crippen molar-refractivity contribution in [3.8, 4) is 0 Å². The molecule has 0 radical (unpaired) electrons. The summed E-state index contributed by atoms with van der Waals surface area (Å²) < 4.78 is 2.37. The van der Waals surface area contributed by atoms with Gasteiger partial charge in [-0.15, -0.1) is 0 Å². The van der Waals surface area contributed by atoms with E-state index in [2.05, 4.69) is 24.5 Å². The summed E-state index contributed by atoms with van der Waals surface area (Å²) >= 11 is 0. The Morgan fingerprint density at radius 2 is 2.12 bits per heavy atom. The van der Waals surface area contributed by atoms with Crippen LogP contribution in [0.2, 0.25) is 0 Å². The molecule has 0 unspecified atom stereocenters. The Balaban J connectivity index is 2.22. The maximum atomic E-state index is 5.83. The molecule has 0 bridgehead atoms. The smallest absolute Gasteiger partial charge is 0.113 e. The van der Waals surface area contributed by atoms with E-state index in [1.165, 1.54) is 30.6 Å². The molecule has 2 N–H and O–H groups in total. The lowest BCUT2D eigenvalue weighted by atomic mass is 9.84. The number of hydrogen-bond acceptors (Lipinski definition) is 2. The zero-order chi connectivity index (χ0) is 12.0. The molecule has 1 aromatic carbocycles. The number of nitrogens with two attached hydrogens (primary N) is 1. The van der Waals surface area contributed by atoms with E-state index >= 15 is 0 Å². The van der Waals surface area contributed by atoms with Gasteiger partial charge in [-0.25, -0.2) is 4.98 Å². The molecule has 0 spiro atoms. The Morgan fingerprint density at radius 3 is 2.71 bits per heavy atom. The minimum atomic E-state index is 0.458. The van der Waals surface area contributed by atoms with Crippen LogP contribution in [-0.2, 0) is 0 Å². The van der Waals surface area contributed by atoms with Gasteiger partial charge in [0, 0.05) is 17.6 Å². The van der Waals surface area contributed by atoms with Crippen LogP contribution < -0.4 is 5.73 Å². The molecule has 0 saturated heterocycles. The molecule has 17 heavy (non-hydrogen) atoms. The first kappa shape index (κ1) is 10.6. The van der Waals surface area contributed by atoms with Gasteiger partial charge < -0.3 is 10.3 Å². The zero-order valence-electron chi connectivity index (χ0n) is 10.5. The fourth-order valence-electron chi connectivity index (χ4n) is 2.63.